The van der Waals surface area contributed by atoms with Crippen LogP contribution in [0.2, 0.25) is 0 Å². The van der Waals surface area contributed by atoms with Gasteiger partial charge in [-0.3, -0.25) is 0 Å². The third kappa shape index (κ3) is 4.75. The number of hydrogen-bond donors (Lipinski definition) is 2. The monoisotopic (exact) mass is 425 g/mol. The molecule has 1 saturated carbocycles. The van der Waals surface area contributed by atoms with Gasteiger partial charge in [-0.05, 0) is 48.2 Å². The minimum absolute atomic E-state index is 0.107. The van der Waals surface area contributed by atoms with E-state index in [1.54, 1.807) is 19.2 Å². The Bertz CT molecular complexity index is 622. The molecule has 3 rings (SSSR count). The van der Waals surface area contributed by atoms with Crippen LogP contribution in [0.1, 0.15) is 55.8 Å². The number of carbonyl (C=O) groups is 1. The minimum Gasteiger partial charge on any atom is -0.462 e. The first-order chi connectivity index (χ1) is 12.6. The van der Waals surface area contributed by atoms with Crippen LogP contribution in [-0.2, 0) is 4.74 Å². The van der Waals surface area contributed by atoms with E-state index in [-0.39, 0.29) is 12.0 Å². The summed E-state index contributed by atoms with van der Waals surface area (Å²) in [5.41, 5.74) is 0.437. The molecule has 2 atom stereocenters. The lowest BCUT2D eigenvalue weighted by molar-refractivity contribution is 0.0525. The molecule has 1 aromatic heterocycles. The van der Waals surface area contributed by atoms with Crippen molar-refractivity contribution in [3.8, 4) is 0 Å². The third-order valence-corrected chi connectivity index (χ3v) is 5.70. The van der Waals surface area contributed by atoms with E-state index >= 15 is 0 Å². The van der Waals surface area contributed by atoms with E-state index < -0.39 is 6.10 Å². The van der Waals surface area contributed by atoms with Crippen molar-refractivity contribution < 1.29 is 14.6 Å². The zero-order chi connectivity index (χ0) is 18.5. The highest BCUT2D eigenvalue weighted by molar-refractivity contribution is 9.10. The number of piperidine rings is 1. The van der Waals surface area contributed by atoms with Crippen molar-refractivity contribution in [1.82, 2.24) is 10.3 Å². The average Bonchev–Trinajstić information content (AvgIpc) is 2.64. The Morgan fingerprint density at radius 2 is 2.15 bits per heavy atom. The quantitative estimate of drug-likeness (QED) is 0.706. The number of β-amino-alcohol motifs (C(OH)–C–C–N with tert-alkyl or cyclic N) is 1. The van der Waals surface area contributed by atoms with E-state index in [1.165, 1.54) is 32.1 Å². The van der Waals surface area contributed by atoms with Gasteiger partial charge in [0.05, 0.1) is 12.7 Å². The smallest absolute Gasteiger partial charge is 0.341 e. The van der Waals surface area contributed by atoms with Gasteiger partial charge in [0.1, 0.15) is 11.4 Å². The Morgan fingerprint density at radius 3 is 2.85 bits per heavy atom. The zero-order valence-electron chi connectivity index (χ0n) is 15.3. The fourth-order valence-electron chi connectivity index (χ4n) is 3.93. The molecular formula is C19H28BrN3O3. The summed E-state index contributed by atoms with van der Waals surface area (Å²) in [6.45, 7) is 3.32. The molecule has 0 aromatic carbocycles. The van der Waals surface area contributed by atoms with Crippen LogP contribution >= 0.6 is 15.9 Å². The van der Waals surface area contributed by atoms with Gasteiger partial charge in [0.2, 0.25) is 0 Å². The molecule has 1 aromatic rings. The third-order valence-electron chi connectivity index (χ3n) is 5.27. The van der Waals surface area contributed by atoms with Crippen molar-refractivity contribution in [2.45, 2.75) is 63.6 Å². The second-order valence-electron chi connectivity index (χ2n) is 7.16. The fourth-order valence-corrected chi connectivity index (χ4v) is 4.26. The summed E-state index contributed by atoms with van der Waals surface area (Å²) >= 11 is 3.37. The molecular weight excluding hydrogens is 398 g/mol. The molecule has 1 aliphatic heterocycles. The molecule has 6 nitrogen and oxygen atoms in total. The number of aliphatic hydroxyl groups is 1. The average molecular weight is 426 g/mol. The van der Waals surface area contributed by atoms with Crippen molar-refractivity contribution in [3.05, 3.63) is 22.3 Å². The maximum Gasteiger partial charge on any atom is 0.341 e. The van der Waals surface area contributed by atoms with Gasteiger partial charge in [0.25, 0.3) is 0 Å². The second kappa shape index (κ2) is 9.15. The lowest BCUT2D eigenvalue weighted by Crippen LogP contribution is -2.55. The van der Waals surface area contributed by atoms with Crippen molar-refractivity contribution in [2.75, 3.05) is 24.6 Å². The summed E-state index contributed by atoms with van der Waals surface area (Å²) in [7, 11) is 0. The number of esters is 1. The number of pyridine rings is 1. The maximum absolute atomic E-state index is 12.3. The number of rotatable bonds is 5. The number of ether oxygens (including phenoxy) is 1. The van der Waals surface area contributed by atoms with E-state index in [9.17, 15) is 9.90 Å². The van der Waals surface area contributed by atoms with Gasteiger partial charge in [-0.1, -0.05) is 19.3 Å². The number of nitrogens with one attached hydrogen (secondary N) is 1. The Morgan fingerprint density at radius 1 is 1.38 bits per heavy atom. The summed E-state index contributed by atoms with van der Waals surface area (Å²) in [5, 5.41) is 14.3. The summed E-state index contributed by atoms with van der Waals surface area (Å²) < 4.78 is 5.90. The van der Waals surface area contributed by atoms with E-state index in [1.807, 2.05) is 4.90 Å². The first kappa shape index (κ1) is 19.6. The second-order valence-corrected chi connectivity index (χ2v) is 8.07. The highest BCUT2D eigenvalue weighted by Crippen LogP contribution is 2.27. The summed E-state index contributed by atoms with van der Waals surface area (Å²) in [6.07, 6.45) is 8.31. The molecule has 1 saturated heterocycles. The van der Waals surface area contributed by atoms with Crippen LogP contribution in [0, 0.1) is 0 Å². The first-order valence-corrected chi connectivity index (χ1v) is 10.4. The summed E-state index contributed by atoms with van der Waals surface area (Å²) in [4.78, 5) is 18.7. The molecule has 144 valence electrons. The van der Waals surface area contributed by atoms with E-state index in [4.69, 9.17) is 4.74 Å². The highest BCUT2D eigenvalue weighted by atomic mass is 79.9. The molecule has 2 N–H and O–H groups in total. The van der Waals surface area contributed by atoms with Gasteiger partial charge in [-0.2, -0.15) is 0 Å². The van der Waals surface area contributed by atoms with Crippen LogP contribution in [0.3, 0.4) is 0 Å². The maximum atomic E-state index is 12.3. The topological polar surface area (TPSA) is 74.7 Å². The number of halogens is 1. The van der Waals surface area contributed by atoms with Gasteiger partial charge in [-0.15, -0.1) is 0 Å². The Balaban J connectivity index is 1.67. The molecule has 2 aliphatic rings. The number of carbonyl (C=O) groups excluding carboxylic acids is 1. The molecule has 2 heterocycles. The first-order valence-electron chi connectivity index (χ1n) is 9.60. The van der Waals surface area contributed by atoms with Crippen molar-refractivity contribution in [2.24, 2.45) is 0 Å². The molecule has 1 aliphatic carbocycles. The number of aromatic nitrogens is 1. The number of aliphatic hydroxyl groups excluding tert-OH is 1. The molecule has 0 radical (unpaired) electrons. The Labute approximate surface area is 163 Å². The van der Waals surface area contributed by atoms with Crippen LogP contribution in [0.4, 0.5) is 5.82 Å². The normalized spacial score (nSPS) is 24.5. The van der Waals surface area contributed by atoms with Crippen LogP contribution in [0.25, 0.3) is 0 Å². The fraction of sp³-hybridized carbons (Fsp3) is 0.684. The molecule has 0 bridgehead atoms. The van der Waals surface area contributed by atoms with Crippen molar-refractivity contribution in [3.63, 3.8) is 0 Å². The predicted molar refractivity (Wildman–Crippen MR) is 105 cm³/mol. The highest BCUT2D eigenvalue weighted by Gasteiger charge is 2.32. The molecule has 26 heavy (non-hydrogen) atoms. The van der Waals surface area contributed by atoms with Gasteiger partial charge < -0.3 is 20.1 Å². The van der Waals surface area contributed by atoms with E-state index in [2.05, 4.69) is 26.2 Å². The molecule has 2 fully saturated rings. The van der Waals surface area contributed by atoms with Crippen LogP contribution in [-0.4, -0.2) is 53.9 Å². The Hall–Kier alpha value is -1.18. The summed E-state index contributed by atoms with van der Waals surface area (Å²) in [5.74, 6) is 0.204. The molecule has 7 heteroatoms. The van der Waals surface area contributed by atoms with Gasteiger partial charge in [0, 0.05) is 35.8 Å². The molecule has 0 unspecified atom stereocenters. The standard InChI is InChI=1S/C19H28BrN3O3/c1-2-26-19(25)15-10-13(20)11-21-18(15)23-9-8-16(17(24)12-23)22-14-6-4-3-5-7-14/h10-11,14,16-17,22,24H,2-9,12H2,1H3/t16-,17-/m1/s1. The van der Waals surface area contributed by atoms with Crippen LogP contribution in [0.5, 0.6) is 0 Å². The van der Waals surface area contributed by atoms with Crippen LogP contribution < -0.4 is 10.2 Å². The minimum atomic E-state index is -0.480. The number of hydrogen-bond acceptors (Lipinski definition) is 6. The Kier molecular flexibility index (Phi) is 6.89. The van der Waals surface area contributed by atoms with E-state index in [0.717, 1.165) is 17.4 Å². The number of nitrogens with zero attached hydrogens (tertiary/aromatic N) is 2. The lowest BCUT2D eigenvalue weighted by atomic mass is 9.92. The number of anilines is 1. The van der Waals surface area contributed by atoms with Crippen LogP contribution in [0.15, 0.2) is 16.7 Å². The van der Waals surface area contributed by atoms with Gasteiger partial charge in [-0.25, -0.2) is 9.78 Å². The van der Waals surface area contributed by atoms with Gasteiger partial charge >= 0.3 is 5.97 Å². The SMILES string of the molecule is CCOC(=O)c1cc(Br)cnc1N1CC[C@@H](NC2CCCCC2)[C@H](O)C1. The molecule has 0 spiro atoms. The lowest BCUT2D eigenvalue weighted by Gasteiger charge is -2.39. The van der Waals surface area contributed by atoms with Gasteiger partial charge in [0.15, 0.2) is 0 Å². The van der Waals surface area contributed by atoms with E-state index in [0.29, 0.717) is 30.6 Å². The zero-order valence-corrected chi connectivity index (χ0v) is 16.9. The van der Waals surface area contributed by atoms with Crippen molar-refractivity contribution in [1.29, 1.82) is 0 Å². The predicted octanol–water partition coefficient (Wildman–Crippen LogP) is 2.88. The molecule has 0 amide bonds. The largest absolute Gasteiger partial charge is 0.462 e. The van der Waals surface area contributed by atoms with Crippen molar-refractivity contribution >= 4 is 27.7 Å². The summed E-state index contributed by atoms with van der Waals surface area (Å²) in [6, 6.07) is 2.37.